The zero-order valence-corrected chi connectivity index (χ0v) is 8.82. The Morgan fingerprint density at radius 3 is 1.31 bits per heavy atom. The van der Waals surface area contributed by atoms with E-state index >= 15 is 0 Å². The first kappa shape index (κ1) is 9.28. The number of allylic oxidation sites excluding steroid dienone is 8. The van der Waals surface area contributed by atoms with E-state index < -0.39 is 0 Å². The Kier molecular flexibility index (Phi) is 2.26. The molecule has 2 nitrogen and oxygen atoms in total. The van der Waals surface area contributed by atoms with Crippen LogP contribution < -0.4 is 0 Å². The van der Waals surface area contributed by atoms with E-state index in [-0.39, 0.29) is 0 Å². The monoisotopic (exact) mass is 208 g/mol. The Bertz CT molecular complexity index is 421. The van der Waals surface area contributed by atoms with Crippen molar-refractivity contribution in [1.29, 1.82) is 0 Å². The van der Waals surface area contributed by atoms with Crippen LogP contribution in [0.15, 0.2) is 61.0 Å². The zero-order valence-electron chi connectivity index (χ0n) is 8.82. The van der Waals surface area contributed by atoms with Gasteiger partial charge in [-0.25, -0.2) is 0 Å². The largest absolute Gasteiger partial charge is 0.257 e. The highest BCUT2D eigenvalue weighted by Gasteiger charge is 2.12. The molecule has 78 valence electrons. The van der Waals surface area contributed by atoms with Crippen LogP contribution in [-0.2, 0) is 0 Å². The maximum atomic E-state index is 4.47. The molecule has 0 radical (unpaired) electrons. The lowest BCUT2D eigenvalue weighted by Crippen LogP contribution is -2.00. The van der Waals surface area contributed by atoms with Crippen molar-refractivity contribution in [1.82, 2.24) is 9.97 Å². The van der Waals surface area contributed by atoms with Gasteiger partial charge >= 0.3 is 0 Å². The van der Waals surface area contributed by atoms with E-state index in [1.54, 1.807) is 0 Å². The molecule has 0 atom stereocenters. The Labute approximate surface area is 94.8 Å². The summed E-state index contributed by atoms with van der Waals surface area (Å²) in [7, 11) is 0. The summed E-state index contributed by atoms with van der Waals surface area (Å²) in [5.41, 5.74) is 2.03. The molecule has 1 heterocycles. The summed E-state index contributed by atoms with van der Waals surface area (Å²) in [5.74, 6) is 0.604. The predicted molar refractivity (Wildman–Crippen MR) is 64.1 cm³/mol. The molecule has 0 spiro atoms. The molecular weight excluding hydrogens is 196 g/mol. The normalized spacial score (nSPS) is 19.0. The minimum absolute atomic E-state index is 0.302. The van der Waals surface area contributed by atoms with Gasteiger partial charge in [-0.2, -0.15) is 0 Å². The SMILES string of the molecule is C1=CC(c2cnc(C3C=CC=C3)cn2)C=C1. The summed E-state index contributed by atoms with van der Waals surface area (Å²) >= 11 is 0. The van der Waals surface area contributed by atoms with Gasteiger partial charge in [0, 0.05) is 24.2 Å². The van der Waals surface area contributed by atoms with Crippen molar-refractivity contribution in [3.63, 3.8) is 0 Å². The van der Waals surface area contributed by atoms with Gasteiger partial charge in [0.05, 0.1) is 11.4 Å². The minimum Gasteiger partial charge on any atom is -0.257 e. The third-order valence-electron chi connectivity index (χ3n) is 2.87. The molecule has 0 saturated heterocycles. The maximum Gasteiger partial charge on any atom is 0.0693 e. The molecule has 0 unspecified atom stereocenters. The number of nitrogens with zero attached hydrogens (tertiary/aromatic N) is 2. The Balaban J connectivity index is 1.84. The lowest BCUT2D eigenvalue weighted by molar-refractivity contribution is 0.911. The summed E-state index contributed by atoms with van der Waals surface area (Å²) in [6.07, 6.45) is 20.4. The number of aromatic nitrogens is 2. The Hall–Kier alpha value is -1.96. The molecule has 0 amide bonds. The van der Waals surface area contributed by atoms with Crippen LogP contribution in [0.3, 0.4) is 0 Å². The van der Waals surface area contributed by atoms with Crippen molar-refractivity contribution in [3.8, 4) is 0 Å². The van der Waals surface area contributed by atoms with Crippen molar-refractivity contribution >= 4 is 0 Å². The van der Waals surface area contributed by atoms with Crippen LogP contribution in [-0.4, -0.2) is 9.97 Å². The van der Waals surface area contributed by atoms with Gasteiger partial charge in [-0.15, -0.1) is 0 Å². The molecule has 0 aromatic carbocycles. The lowest BCUT2D eigenvalue weighted by Gasteiger charge is -2.07. The van der Waals surface area contributed by atoms with Gasteiger partial charge in [0.2, 0.25) is 0 Å². The molecule has 0 N–H and O–H groups in total. The first-order valence-electron chi connectivity index (χ1n) is 5.45. The highest BCUT2D eigenvalue weighted by atomic mass is 14.8. The van der Waals surface area contributed by atoms with Crippen LogP contribution in [0.25, 0.3) is 0 Å². The summed E-state index contributed by atoms with van der Waals surface area (Å²) in [6, 6.07) is 0. The molecule has 0 saturated carbocycles. The third kappa shape index (κ3) is 1.63. The van der Waals surface area contributed by atoms with Crippen LogP contribution in [0.4, 0.5) is 0 Å². The van der Waals surface area contributed by atoms with Crippen molar-refractivity contribution in [2.75, 3.05) is 0 Å². The van der Waals surface area contributed by atoms with Gasteiger partial charge in [0.25, 0.3) is 0 Å². The molecule has 3 rings (SSSR count). The number of hydrogen-bond acceptors (Lipinski definition) is 2. The molecule has 0 fully saturated rings. The molecule has 1 aromatic heterocycles. The maximum absolute atomic E-state index is 4.47. The average molecular weight is 208 g/mol. The summed E-state index contributed by atoms with van der Waals surface area (Å²) in [5, 5.41) is 0. The van der Waals surface area contributed by atoms with Crippen molar-refractivity contribution in [2.45, 2.75) is 11.8 Å². The zero-order chi connectivity index (χ0) is 10.8. The van der Waals surface area contributed by atoms with E-state index in [9.17, 15) is 0 Å². The molecule has 0 bridgehead atoms. The van der Waals surface area contributed by atoms with E-state index in [2.05, 4.69) is 34.3 Å². The number of rotatable bonds is 2. The van der Waals surface area contributed by atoms with Gasteiger partial charge in [0.1, 0.15) is 0 Å². The highest BCUT2D eigenvalue weighted by molar-refractivity contribution is 5.32. The quantitative estimate of drug-likeness (QED) is 0.746. The highest BCUT2D eigenvalue weighted by Crippen LogP contribution is 2.23. The van der Waals surface area contributed by atoms with Crippen molar-refractivity contribution < 1.29 is 0 Å². The third-order valence-corrected chi connectivity index (χ3v) is 2.87. The second kappa shape index (κ2) is 3.89. The molecule has 2 aliphatic carbocycles. The van der Waals surface area contributed by atoms with Crippen LogP contribution >= 0.6 is 0 Å². The van der Waals surface area contributed by atoms with E-state index in [1.807, 2.05) is 36.7 Å². The van der Waals surface area contributed by atoms with Crippen LogP contribution in [0.5, 0.6) is 0 Å². The first-order chi connectivity index (χ1) is 7.93. The second-order valence-corrected chi connectivity index (χ2v) is 3.96. The van der Waals surface area contributed by atoms with Gasteiger partial charge in [0.15, 0.2) is 0 Å². The molecule has 2 heteroatoms. The fraction of sp³-hybridized carbons (Fsp3) is 0.143. The summed E-state index contributed by atoms with van der Waals surface area (Å²) in [4.78, 5) is 8.94. The van der Waals surface area contributed by atoms with Crippen LogP contribution in [0.2, 0.25) is 0 Å². The van der Waals surface area contributed by atoms with E-state index in [0.717, 1.165) is 11.4 Å². The molecule has 16 heavy (non-hydrogen) atoms. The van der Waals surface area contributed by atoms with Crippen LogP contribution in [0.1, 0.15) is 23.2 Å². The predicted octanol–water partition coefficient (Wildman–Crippen LogP) is 2.90. The fourth-order valence-electron chi connectivity index (χ4n) is 1.95. The smallest absolute Gasteiger partial charge is 0.0693 e. The molecule has 0 aliphatic heterocycles. The summed E-state index contributed by atoms with van der Waals surface area (Å²) < 4.78 is 0. The van der Waals surface area contributed by atoms with E-state index in [0.29, 0.717) is 11.8 Å². The van der Waals surface area contributed by atoms with Gasteiger partial charge < -0.3 is 0 Å². The number of hydrogen-bond donors (Lipinski definition) is 0. The fourth-order valence-corrected chi connectivity index (χ4v) is 1.95. The average Bonchev–Trinajstić information content (AvgIpc) is 3.03. The standard InChI is InChI=1S/C14H12N2/c1-2-6-11(5-1)13-9-16-14(10-15-13)12-7-3-4-8-12/h1-12H. The molecule has 2 aliphatic rings. The lowest BCUT2D eigenvalue weighted by atomic mass is 10.1. The van der Waals surface area contributed by atoms with Gasteiger partial charge in [-0.1, -0.05) is 48.6 Å². The molecule has 1 aromatic rings. The van der Waals surface area contributed by atoms with Crippen molar-refractivity contribution in [3.05, 3.63) is 72.4 Å². The topological polar surface area (TPSA) is 25.8 Å². The van der Waals surface area contributed by atoms with Gasteiger partial charge in [-0.05, 0) is 0 Å². The first-order valence-corrected chi connectivity index (χ1v) is 5.45. The Morgan fingerprint density at radius 2 is 1.00 bits per heavy atom. The Morgan fingerprint density at radius 1 is 0.625 bits per heavy atom. The molecular formula is C14H12N2. The minimum atomic E-state index is 0.302. The van der Waals surface area contributed by atoms with Crippen LogP contribution in [0, 0.1) is 0 Å². The van der Waals surface area contributed by atoms with Crippen molar-refractivity contribution in [2.24, 2.45) is 0 Å². The second-order valence-electron chi connectivity index (χ2n) is 3.96. The van der Waals surface area contributed by atoms with Gasteiger partial charge in [-0.3, -0.25) is 9.97 Å². The van der Waals surface area contributed by atoms with E-state index in [4.69, 9.17) is 0 Å². The summed E-state index contributed by atoms with van der Waals surface area (Å²) in [6.45, 7) is 0. The van der Waals surface area contributed by atoms with E-state index in [1.165, 1.54) is 0 Å².